The predicted molar refractivity (Wildman–Crippen MR) is 76.9 cm³/mol. The number of hydrazine groups is 1. The van der Waals surface area contributed by atoms with Crippen LogP contribution in [-0.4, -0.2) is 34.9 Å². The molecule has 1 saturated heterocycles. The van der Waals surface area contributed by atoms with E-state index in [2.05, 4.69) is 67.3 Å². The Kier molecular flexibility index (Phi) is 3.71. The van der Waals surface area contributed by atoms with Crippen LogP contribution in [0.5, 0.6) is 0 Å². The van der Waals surface area contributed by atoms with Crippen molar-refractivity contribution >= 4 is 0 Å². The van der Waals surface area contributed by atoms with Gasteiger partial charge in [0.1, 0.15) is 5.60 Å². The Hall–Kier alpha value is -0.120. The van der Waals surface area contributed by atoms with Crippen molar-refractivity contribution in [3.63, 3.8) is 0 Å². The van der Waals surface area contributed by atoms with E-state index in [9.17, 15) is 0 Å². The fourth-order valence-corrected chi connectivity index (χ4v) is 3.15. The van der Waals surface area contributed by atoms with Gasteiger partial charge in [-0.3, -0.25) is 4.84 Å². The van der Waals surface area contributed by atoms with Gasteiger partial charge < -0.3 is 0 Å². The van der Waals surface area contributed by atoms with E-state index in [-0.39, 0.29) is 22.0 Å². The minimum Gasteiger partial charge on any atom is -0.275 e. The number of hydroxylamine groups is 1. The molecule has 0 spiro atoms. The van der Waals surface area contributed by atoms with Crippen LogP contribution in [0.3, 0.4) is 0 Å². The third-order valence-electron chi connectivity index (χ3n) is 4.20. The minimum absolute atomic E-state index is 0.0764. The van der Waals surface area contributed by atoms with Gasteiger partial charge >= 0.3 is 0 Å². The predicted octanol–water partition coefficient (Wildman–Crippen LogP) is 3.71. The van der Waals surface area contributed by atoms with Crippen LogP contribution in [0.4, 0.5) is 0 Å². The highest BCUT2D eigenvalue weighted by Gasteiger charge is 2.59. The molecular weight excluding hydrogens is 224 g/mol. The van der Waals surface area contributed by atoms with Crippen molar-refractivity contribution < 1.29 is 4.84 Å². The van der Waals surface area contributed by atoms with Gasteiger partial charge in [0.25, 0.3) is 0 Å². The van der Waals surface area contributed by atoms with E-state index in [1.165, 1.54) is 0 Å². The molecule has 1 aliphatic rings. The first-order chi connectivity index (χ1) is 7.72. The van der Waals surface area contributed by atoms with Crippen LogP contribution in [0.2, 0.25) is 0 Å². The molecule has 1 fully saturated rings. The smallest absolute Gasteiger partial charge is 0.115 e. The maximum atomic E-state index is 6.38. The Morgan fingerprint density at radius 1 is 0.833 bits per heavy atom. The van der Waals surface area contributed by atoms with Crippen molar-refractivity contribution in [3.8, 4) is 0 Å². The average molecular weight is 256 g/mol. The normalized spacial score (nSPS) is 23.7. The van der Waals surface area contributed by atoms with E-state index in [1.807, 2.05) is 12.2 Å². The maximum absolute atomic E-state index is 6.38. The summed E-state index contributed by atoms with van der Waals surface area (Å²) in [6, 6.07) is 0. The highest BCUT2D eigenvalue weighted by Crippen LogP contribution is 2.51. The third kappa shape index (κ3) is 2.45. The molecule has 0 aromatic carbocycles. The zero-order chi connectivity index (χ0) is 14.6. The maximum Gasteiger partial charge on any atom is 0.115 e. The lowest BCUT2D eigenvalue weighted by molar-refractivity contribution is -0.298. The molecule has 1 heterocycles. The summed E-state index contributed by atoms with van der Waals surface area (Å²) in [5.74, 6) is 0. The Labute approximate surface area is 113 Å². The first-order valence-corrected chi connectivity index (χ1v) is 6.93. The second kappa shape index (κ2) is 4.19. The second-order valence-corrected chi connectivity index (χ2v) is 8.61. The second-order valence-electron chi connectivity index (χ2n) is 8.61. The van der Waals surface area contributed by atoms with E-state index in [0.717, 1.165) is 6.54 Å². The van der Waals surface area contributed by atoms with Crippen LogP contribution in [0.25, 0.3) is 0 Å². The fraction of sp³-hybridized carbons (Fsp3) is 1.00. The Balaban J connectivity index is 3.21. The molecule has 3 nitrogen and oxygen atoms in total. The molecule has 108 valence electrons. The van der Waals surface area contributed by atoms with Crippen LogP contribution in [0.1, 0.15) is 62.3 Å². The molecule has 0 N–H and O–H groups in total. The zero-order valence-electron chi connectivity index (χ0n) is 14.0. The fourth-order valence-electron chi connectivity index (χ4n) is 3.15. The highest BCUT2D eigenvalue weighted by molar-refractivity contribution is 5.05. The molecule has 0 atom stereocenters. The largest absolute Gasteiger partial charge is 0.275 e. The average Bonchev–Trinajstić information content (AvgIpc) is 2.40. The molecule has 0 unspecified atom stereocenters. The Morgan fingerprint density at radius 2 is 1.22 bits per heavy atom. The summed E-state index contributed by atoms with van der Waals surface area (Å²) in [6.07, 6.45) is 0. The van der Waals surface area contributed by atoms with Gasteiger partial charge in [-0.05, 0) is 31.6 Å². The Morgan fingerprint density at radius 3 is 1.39 bits per heavy atom. The van der Waals surface area contributed by atoms with Crippen molar-refractivity contribution in [2.45, 2.75) is 73.5 Å². The topological polar surface area (TPSA) is 15.7 Å². The van der Waals surface area contributed by atoms with Crippen molar-refractivity contribution in [3.05, 3.63) is 0 Å². The third-order valence-corrected chi connectivity index (χ3v) is 4.20. The van der Waals surface area contributed by atoms with Crippen molar-refractivity contribution in [1.82, 2.24) is 10.2 Å². The van der Waals surface area contributed by atoms with Gasteiger partial charge in [-0.2, -0.15) is 0 Å². The van der Waals surface area contributed by atoms with Crippen LogP contribution in [0.15, 0.2) is 0 Å². The molecular formula is C15H32N2O. The van der Waals surface area contributed by atoms with Gasteiger partial charge in [0.2, 0.25) is 0 Å². The summed E-state index contributed by atoms with van der Waals surface area (Å²) in [6.45, 7) is 21.3. The van der Waals surface area contributed by atoms with Gasteiger partial charge in [0.05, 0.1) is 0 Å². The van der Waals surface area contributed by atoms with Crippen LogP contribution < -0.4 is 0 Å². The molecule has 0 radical (unpaired) electrons. The van der Waals surface area contributed by atoms with Crippen molar-refractivity contribution in [2.75, 3.05) is 13.6 Å². The van der Waals surface area contributed by atoms with E-state index in [4.69, 9.17) is 4.84 Å². The first-order valence-electron chi connectivity index (χ1n) is 6.93. The molecule has 0 amide bonds. The quantitative estimate of drug-likeness (QED) is 0.657. The highest BCUT2D eigenvalue weighted by atomic mass is 16.8. The lowest BCUT2D eigenvalue weighted by Gasteiger charge is -2.49. The molecule has 3 heteroatoms. The lowest BCUT2D eigenvalue weighted by atomic mass is 9.62. The number of rotatable bonds is 0. The molecule has 18 heavy (non-hydrogen) atoms. The summed E-state index contributed by atoms with van der Waals surface area (Å²) >= 11 is 0. The summed E-state index contributed by atoms with van der Waals surface area (Å²) in [5.41, 5.74) is 0.0635. The standard InChI is InChI=1S/C15H32N2O/c1-12(2,3)15(13(4,5)6)11-17(14(7,8)9)16(10)18-15/h11H2,1-10H3. The van der Waals surface area contributed by atoms with Crippen LogP contribution >= 0.6 is 0 Å². The summed E-state index contributed by atoms with van der Waals surface area (Å²) in [4.78, 5) is 6.38. The molecule has 0 aromatic rings. The van der Waals surface area contributed by atoms with Crippen molar-refractivity contribution in [1.29, 1.82) is 0 Å². The molecule has 0 saturated carbocycles. The molecule has 1 aliphatic heterocycles. The van der Waals surface area contributed by atoms with Crippen LogP contribution in [0, 0.1) is 10.8 Å². The number of nitrogens with zero attached hydrogens (tertiary/aromatic N) is 2. The van der Waals surface area contributed by atoms with E-state index in [0.29, 0.717) is 0 Å². The van der Waals surface area contributed by atoms with Gasteiger partial charge in [-0.15, -0.1) is 5.17 Å². The molecule has 0 aliphatic carbocycles. The van der Waals surface area contributed by atoms with Crippen molar-refractivity contribution in [2.24, 2.45) is 10.8 Å². The van der Waals surface area contributed by atoms with E-state index in [1.54, 1.807) is 0 Å². The summed E-state index contributed by atoms with van der Waals surface area (Å²) in [7, 11) is 2.02. The van der Waals surface area contributed by atoms with E-state index >= 15 is 0 Å². The van der Waals surface area contributed by atoms with Gasteiger partial charge in [-0.1, -0.05) is 41.5 Å². The van der Waals surface area contributed by atoms with Gasteiger partial charge in [-0.25, -0.2) is 5.01 Å². The van der Waals surface area contributed by atoms with Crippen LogP contribution in [-0.2, 0) is 4.84 Å². The number of hydrogen-bond donors (Lipinski definition) is 0. The Bertz CT molecular complexity index is 290. The summed E-state index contributed by atoms with van der Waals surface area (Å²) in [5, 5.41) is 4.26. The lowest BCUT2D eigenvalue weighted by Crippen LogP contribution is -2.57. The van der Waals surface area contributed by atoms with E-state index < -0.39 is 0 Å². The molecule has 0 bridgehead atoms. The first kappa shape index (κ1) is 15.9. The van der Waals surface area contributed by atoms with Gasteiger partial charge in [0.15, 0.2) is 0 Å². The monoisotopic (exact) mass is 256 g/mol. The minimum atomic E-state index is -0.179. The SMILES string of the molecule is CN1OC(C(C)(C)C)(C(C)(C)C)CN1C(C)(C)C. The molecule has 0 aromatic heterocycles. The van der Waals surface area contributed by atoms with Gasteiger partial charge in [0, 0.05) is 19.1 Å². The zero-order valence-corrected chi connectivity index (χ0v) is 14.0. The number of hydrogen-bond acceptors (Lipinski definition) is 3. The molecule has 1 rings (SSSR count). The summed E-state index contributed by atoms with van der Waals surface area (Å²) < 4.78 is 0.